The van der Waals surface area contributed by atoms with Crippen LogP contribution in [0.5, 0.6) is 0 Å². The Balaban J connectivity index is 1.33. The number of hydrogen-bond acceptors (Lipinski definition) is 5. The summed E-state index contributed by atoms with van der Waals surface area (Å²) in [6, 6.07) is 14.0. The number of benzene rings is 2. The molecule has 4 nitrogen and oxygen atoms in total. The summed E-state index contributed by atoms with van der Waals surface area (Å²) in [5.74, 6) is 0.0432. The Morgan fingerprint density at radius 1 is 1.04 bits per heavy atom. The molecule has 0 bridgehead atoms. The number of nitrogens with one attached hydrogen (secondary N) is 1. The number of aryl methyl sites for hydroxylation is 2. The first-order valence-corrected chi connectivity index (χ1v) is 9.82. The van der Waals surface area contributed by atoms with Gasteiger partial charge in [0.1, 0.15) is 0 Å². The van der Waals surface area contributed by atoms with Crippen molar-refractivity contribution in [3.8, 4) is 0 Å². The van der Waals surface area contributed by atoms with Crippen molar-refractivity contribution in [3.05, 3.63) is 52.5 Å². The van der Waals surface area contributed by atoms with Gasteiger partial charge in [-0.05, 0) is 50.1 Å². The third-order valence-electron chi connectivity index (χ3n) is 3.91. The molecule has 0 saturated heterocycles. The normalized spacial score (nSPS) is 11.2. The Labute approximate surface area is 153 Å². The second kappa shape index (κ2) is 6.90. The van der Waals surface area contributed by atoms with E-state index in [1.54, 1.807) is 22.7 Å². The molecule has 4 aromatic rings. The van der Waals surface area contributed by atoms with E-state index >= 15 is 0 Å². The molecule has 2 heterocycles. The summed E-state index contributed by atoms with van der Waals surface area (Å²) in [6.07, 6.45) is 2.13. The maximum absolute atomic E-state index is 12.2. The van der Waals surface area contributed by atoms with Crippen molar-refractivity contribution in [3.63, 3.8) is 0 Å². The molecule has 0 spiro atoms. The fraction of sp³-hybridized carbons (Fsp3) is 0.211. The van der Waals surface area contributed by atoms with E-state index < -0.39 is 0 Å². The van der Waals surface area contributed by atoms with Gasteiger partial charge in [-0.1, -0.05) is 12.1 Å². The Morgan fingerprint density at radius 2 is 1.88 bits per heavy atom. The van der Waals surface area contributed by atoms with Gasteiger partial charge in [0.25, 0.3) is 0 Å². The monoisotopic (exact) mass is 367 g/mol. The quantitative estimate of drug-likeness (QED) is 0.529. The molecule has 0 saturated carbocycles. The van der Waals surface area contributed by atoms with E-state index in [0.717, 1.165) is 44.3 Å². The third-order valence-corrected chi connectivity index (χ3v) is 5.94. The number of hydrogen-bond donors (Lipinski definition) is 1. The Kier molecular flexibility index (Phi) is 4.46. The van der Waals surface area contributed by atoms with E-state index in [4.69, 9.17) is 0 Å². The van der Waals surface area contributed by atoms with Gasteiger partial charge in [-0.25, -0.2) is 9.97 Å². The summed E-state index contributed by atoms with van der Waals surface area (Å²) < 4.78 is 2.31. The number of carbonyl (C=O) groups excluding carboxylic acids is 1. The highest BCUT2D eigenvalue weighted by Gasteiger charge is 2.07. The van der Waals surface area contributed by atoms with Crippen LogP contribution in [-0.2, 0) is 11.2 Å². The van der Waals surface area contributed by atoms with Crippen LogP contribution in [0.4, 0.5) is 5.69 Å². The minimum atomic E-state index is 0.0432. The van der Waals surface area contributed by atoms with Gasteiger partial charge in [-0.15, -0.1) is 22.7 Å². The van der Waals surface area contributed by atoms with Gasteiger partial charge < -0.3 is 5.32 Å². The average Bonchev–Trinajstić information content (AvgIpc) is 3.16. The number of para-hydroxylation sites is 1. The zero-order valence-corrected chi connectivity index (χ0v) is 15.4. The Hall–Kier alpha value is -2.31. The van der Waals surface area contributed by atoms with Crippen LogP contribution in [0.2, 0.25) is 0 Å². The molecule has 0 aliphatic heterocycles. The van der Waals surface area contributed by atoms with Crippen molar-refractivity contribution in [1.29, 1.82) is 0 Å². The predicted molar refractivity (Wildman–Crippen MR) is 106 cm³/mol. The van der Waals surface area contributed by atoms with Crippen LogP contribution in [0, 0.1) is 6.92 Å². The summed E-state index contributed by atoms with van der Waals surface area (Å²) in [4.78, 5) is 21.2. The maximum Gasteiger partial charge on any atom is 0.224 e. The first kappa shape index (κ1) is 16.2. The van der Waals surface area contributed by atoms with Gasteiger partial charge in [-0.3, -0.25) is 4.79 Å². The lowest BCUT2D eigenvalue weighted by atomic mass is 10.2. The van der Waals surface area contributed by atoms with Crippen LogP contribution < -0.4 is 5.32 Å². The van der Waals surface area contributed by atoms with Crippen LogP contribution in [0.3, 0.4) is 0 Å². The molecule has 126 valence electrons. The molecule has 2 aromatic heterocycles. The molecule has 0 radical (unpaired) electrons. The van der Waals surface area contributed by atoms with Crippen molar-refractivity contribution in [2.45, 2.75) is 26.2 Å². The van der Waals surface area contributed by atoms with E-state index in [0.29, 0.717) is 6.42 Å². The zero-order valence-electron chi connectivity index (χ0n) is 13.8. The van der Waals surface area contributed by atoms with E-state index in [-0.39, 0.29) is 5.91 Å². The molecule has 0 unspecified atom stereocenters. The lowest BCUT2D eigenvalue weighted by Gasteiger charge is -2.04. The standard InChI is InChI=1S/C19H17N3OS2/c1-12-20-15-10-9-13(11-17(15)24-12)21-18(23)7-4-8-19-22-14-5-2-3-6-16(14)25-19/h2-3,5-6,9-11H,4,7-8H2,1H3,(H,21,23). The molecule has 4 rings (SSSR count). The lowest BCUT2D eigenvalue weighted by molar-refractivity contribution is -0.116. The number of nitrogens with zero attached hydrogens (tertiary/aromatic N) is 2. The topological polar surface area (TPSA) is 54.9 Å². The van der Waals surface area contributed by atoms with Gasteiger partial charge in [0, 0.05) is 12.1 Å². The minimum absolute atomic E-state index is 0.0432. The molecule has 0 aliphatic rings. The fourth-order valence-corrected chi connectivity index (χ4v) is 4.64. The predicted octanol–water partition coefficient (Wildman–Crippen LogP) is 5.18. The molecular formula is C19H17N3OS2. The van der Waals surface area contributed by atoms with Crippen molar-refractivity contribution in [2.75, 3.05) is 5.32 Å². The molecule has 0 fully saturated rings. The molecule has 1 N–H and O–H groups in total. The van der Waals surface area contributed by atoms with Crippen LogP contribution in [-0.4, -0.2) is 15.9 Å². The molecule has 0 aliphatic carbocycles. The average molecular weight is 367 g/mol. The van der Waals surface area contributed by atoms with Crippen molar-refractivity contribution in [2.24, 2.45) is 0 Å². The Morgan fingerprint density at radius 3 is 2.76 bits per heavy atom. The number of aromatic nitrogens is 2. The summed E-state index contributed by atoms with van der Waals surface area (Å²) >= 11 is 3.35. The summed E-state index contributed by atoms with van der Waals surface area (Å²) in [5.41, 5.74) is 2.86. The van der Waals surface area contributed by atoms with Crippen LogP contribution in [0.15, 0.2) is 42.5 Å². The summed E-state index contributed by atoms with van der Waals surface area (Å²) in [5, 5.41) is 5.11. The largest absolute Gasteiger partial charge is 0.326 e. The van der Waals surface area contributed by atoms with Crippen LogP contribution in [0.25, 0.3) is 20.4 Å². The number of thiazole rings is 2. The highest BCUT2D eigenvalue weighted by Crippen LogP contribution is 2.25. The van der Waals surface area contributed by atoms with Crippen molar-refractivity contribution in [1.82, 2.24) is 9.97 Å². The minimum Gasteiger partial charge on any atom is -0.326 e. The van der Waals surface area contributed by atoms with Gasteiger partial charge in [0.2, 0.25) is 5.91 Å². The van der Waals surface area contributed by atoms with Crippen molar-refractivity contribution < 1.29 is 4.79 Å². The molecule has 2 aromatic carbocycles. The highest BCUT2D eigenvalue weighted by molar-refractivity contribution is 7.18. The lowest BCUT2D eigenvalue weighted by Crippen LogP contribution is -2.11. The second-order valence-electron chi connectivity index (χ2n) is 5.89. The SMILES string of the molecule is Cc1nc2ccc(NC(=O)CCCc3nc4ccccc4s3)cc2s1. The summed E-state index contributed by atoms with van der Waals surface area (Å²) in [6.45, 7) is 1.99. The third kappa shape index (κ3) is 3.70. The molecular weight excluding hydrogens is 350 g/mol. The van der Waals surface area contributed by atoms with E-state index in [1.165, 1.54) is 4.70 Å². The first-order valence-electron chi connectivity index (χ1n) is 8.19. The van der Waals surface area contributed by atoms with Gasteiger partial charge in [0.05, 0.1) is 30.4 Å². The zero-order chi connectivity index (χ0) is 17.2. The van der Waals surface area contributed by atoms with E-state index in [1.807, 2.05) is 43.3 Å². The maximum atomic E-state index is 12.2. The fourth-order valence-electron chi connectivity index (χ4n) is 2.77. The van der Waals surface area contributed by atoms with E-state index in [9.17, 15) is 4.79 Å². The van der Waals surface area contributed by atoms with Gasteiger partial charge in [0.15, 0.2) is 0 Å². The smallest absolute Gasteiger partial charge is 0.224 e. The van der Waals surface area contributed by atoms with Gasteiger partial charge >= 0.3 is 0 Å². The molecule has 0 atom stereocenters. The van der Waals surface area contributed by atoms with Crippen molar-refractivity contribution >= 4 is 54.7 Å². The van der Waals surface area contributed by atoms with Gasteiger partial charge in [-0.2, -0.15) is 0 Å². The van der Waals surface area contributed by atoms with E-state index in [2.05, 4.69) is 21.4 Å². The number of amides is 1. The number of rotatable bonds is 5. The molecule has 1 amide bonds. The van der Waals surface area contributed by atoms with Crippen LogP contribution in [0.1, 0.15) is 22.9 Å². The first-order chi connectivity index (χ1) is 12.2. The second-order valence-corrected chi connectivity index (χ2v) is 8.24. The molecule has 25 heavy (non-hydrogen) atoms. The number of fused-ring (bicyclic) bond motifs is 2. The van der Waals surface area contributed by atoms with Crippen LogP contribution >= 0.6 is 22.7 Å². The highest BCUT2D eigenvalue weighted by atomic mass is 32.1. The number of anilines is 1. The molecule has 6 heteroatoms. The number of carbonyl (C=O) groups is 1. The summed E-state index contributed by atoms with van der Waals surface area (Å²) in [7, 11) is 0. The Bertz CT molecular complexity index is 1020.